The minimum absolute atomic E-state index is 0.0511. The van der Waals surface area contributed by atoms with Gasteiger partial charge in [0.1, 0.15) is 13.1 Å². The first-order valence-corrected chi connectivity index (χ1v) is 16.8. The highest BCUT2D eigenvalue weighted by atomic mass is 15.4. The van der Waals surface area contributed by atoms with Crippen molar-refractivity contribution >= 4 is 6.34 Å². The SMILES string of the molecule is NN(Cc1ccccc1)C1C=C(C#CC2=CC3C(C=C2)[N+](Cc2ccccc2)=CN3Cc2ccccc2)C=CC1NCc1ccccc1. The number of rotatable bonds is 10. The van der Waals surface area contributed by atoms with Crippen LogP contribution >= 0.6 is 0 Å². The molecule has 0 spiro atoms. The van der Waals surface area contributed by atoms with Crippen LogP contribution in [0.15, 0.2) is 169 Å². The molecule has 0 radical (unpaired) electrons. The maximum Gasteiger partial charge on any atom is 0.235 e. The summed E-state index contributed by atoms with van der Waals surface area (Å²) in [7, 11) is 0. The van der Waals surface area contributed by atoms with Gasteiger partial charge in [0.25, 0.3) is 0 Å². The second-order valence-electron chi connectivity index (χ2n) is 12.7. The highest BCUT2D eigenvalue weighted by Gasteiger charge is 2.40. The fourth-order valence-electron chi connectivity index (χ4n) is 6.68. The molecule has 0 bridgehead atoms. The standard InChI is InChI=1S/C43H42N5/c44-48(32-39-19-11-4-12-20-39)42-27-34(23-25-40(42)45-29-36-13-5-1-6-14-36)21-22-35-24-26-41-43(28-35)47(31-38-17-9-3-10-18-38)33-46(41)30-37-15-7-2-8-16-37/h1-20,23-28,33,40-43,45H,29-32,44H2/q+1. The van der Waals surface area contributed by atoms with Gasteiger partial charge in [0.15, 0.2) is 12.1 Å². The van der Waals surface area contributed by atoms with Crippen molar-refractivity contribution < 1.29 is 4.58 Å². The van der Waals surface area contributed by atoms with E-state index >= 15 is 0 Å². The summed E-state index contributed by atoms with van der Waals surface area (Å²) in [4.78, 5) is 2.45. The number of nitrogens with one attached hydrogen (secondary N) is 1. The number of nitrogens with two attached hydrogens (primary N) is 1. The summed E-state index contributed by atoms with van der Waals surface area (Å²) in [6, 6.07) is 42.7. The molecular weight excluding hydrogens is 587 g/mol. The average Bonchev–Trinajstić information content (AvgIpc) is 3.47. The molecule has 4 unspecified atom stereocenters. The van der Waals surface area contributed by atoms with Gasteiger partial charge >= 0.3 is 0 Å². The van der Waals surface area contributed by atoms with Crippen molar-refractivity contribution in [3.8, 4) is 11.8 Å². The predicted molar refractivity (Wildman–Crippen MR) is 195 cm³/mol. The molecule has 7 rings (SSSR count). The number of hydrogen-bond acceptors (Lipinski definition) is 4. The molecule has 0 aromatic heterocycles. The van der Waals surface area contributed by atoms with Gasteiger partial charge in [-0.2, -0.15) is 0 Å². The fraction of sp³-hybridized carbons (Fsp3) is 0.186. The Morgan fingerprint density at radius 2 is 1.23 bits per heavy atom. The van der Waals surface area contributed by atoms with E-state index in [0.29, 0.717) is 6.54 Å². The van der Waals surface area contributed by atoms with E-state index in [4.69, 9.17) is 5.84 Å². The van der Waals surface area contributed by atoms with Crippen LogP contribution in [-0.4, -0.2) is 45.0 Å². The lowest BCUT2D eigenvalue weighted by Gasteiger charge is -2.33. The molecule has 3 aliphatic rings. The Bertz CT molecular complexity index is 1870. The van der Waals surface area contributed by atoms with Crippen molar-refractivity contribution in [3.05, 3.63) is 191 Å². The van der Waals surface area contributed by atoms with Crippen molar-refractivity contribution in [3.63, 3.8) is 0 Å². The van der Waals surface area contributed by atoms with Gasteiger partial charge in [-0.25, -0.2) is 5.01 Å². The van der Waals surface area contributed by atoms with Crippen LogP contribution in [0.25, 0.3) is 0 Å². The van der Waals surface area contributed by atoms with Crippen molar-refractivity contribution in [2.45, 2.75) is 50.3 Å². The molecule has 0 amide bonds. The maximum absolute atomic E-state index is 6.78. The van der Waals surface area contributed by atoms with Crippen LogP contribution in [0.2, 0.25) is 0 Å². The third-order valence-corrected chi connectivity index (χ3v) is 9.18. The van der Waals surface area contributed by atoms with Gasteiger partial charge < -0.3 is 5.32 Å². The van der Waals surface area contributed by atoms with Gasteiger partial charge in [-0.05, 0) is 52.6 Å². The molecule has 238 valence electrons. The Labute approximate surface area is 284 Å². The Morgan fingerprint density at radius 3 is 1.90 bits per heavy atom. The van der Waals surface area contributed by atoms with E-state index < -0.39 is 0 Å². The molecule has 48 heavy (non-hydrogen) atoms. The van der Waals surface area contributed by atoms with E-state index in [1.807, 2.05) is 17.1 Å². The summed E-state index contributed by atoms with van der Waals surface area (Å²) in [5, 5.41) is 5.64. The molecule has 3 N–H and O–H groups in total. The summed E-state index contributed by atoms with van der Waals surface area (Å²) in [5.74, 6) is 13.8. The maximum atomic E-state index is 6.78. The topological polar surface area (TPSA) is 47.5 Å². The quantitative estimate of drug-likeness (QED) is 0.0927. The third kappa shape index (κ3) is 7.82. The highest BCUT2D eigenvalue weighted by Crippen LogP contribution is 2.26. The van der Waals surface area contributed by atoms with E-state index in [9.17, 15) is 0 Å². The molecule has 5 nitrogen and oxygen atoms in total. The Kier molecular flexibility index (Phi) is 9.87. The second kappa shape index (κ2) is 15.1. The number of fused-ring (bicyclic) bond motifs is 1. The van der Waals surface area contributed by atoms with Crippen LogP contribution < -0.4 is 11.2 Å². The van der Waals surface area contributed by atoms with Crippen molar-refractivity contribution in [2.24, 2.45) is 5.84 Å². The summed E-state index contributed by atoms with van der Waals surface area (Å²) in [6.45, 7) is 3.12. The minimum Gasteiger partial charge on any atom is -0.305 e. The number of hydrogen-bond donors (Lipinski definition) is 2. The summed E-state index contributed by atoms with van der Waals surface area (Å²) >= 11 is 0. The van der Waals surface area contributed by atoms with Crippen LogP contribution in [-0.2, 0) is 26.2 Å². The summed E-state index contributed by atoms with van der Waals surface area (Å²) in [5.41, 5.74) is 7.04. The van der Waals surface area contributed by atoms with Crippen LogP contribution in [0.4, 0.5) is 0 Å². The Morgan fingerprint density at radius 1 is 0.667 bits per heavy atom. The molecule has 4 aromatic carbocycles. The van der Waals surface area contributed by atoms with E-state index in [2.05, 4.69) is 179 Å². The molecule has 0 saturated carbocycles. The molecule has 5 heteroatoms. The lowest BCUT2D eigenvalue weighted by molar-refractivity contribution is -0.558. The van der Waals surface area contributed by atoms with Gasteiger partial charge in [-0.15, -0.1) is 0 Å². The largest absolute Gasteiger partial charge is 0.305 e. The van der Waals surface area contributed by atoms with Crippen molar-refractivity contribution in [1.29, 1.82) is 0 Å². The molecule has 1 heterocycles. The Hall–Kier alpha value is -5.25. The highest BCUT2D eigenvalue weighted by molar-refractivity contribution is 5.57. The molecule has 2 aliphatic carbocycles. The monoisotopic (exact) mass is 628 g/mol. The van der Waals surface area contributed by atoms with E-state index in [1.54, 1.807) is 0 Å². The second-order valence-corrected chi connectivity index (χ2v) is 12.7. The van der Waals surface area contributed by atoms with Crippen LogP contribution in [0.1, 0.15) is 22.3 Å². The molecule has 4 atom stereocenters. The zero-order valence-electron chi connectivity index (χ0n) is 27.1. The molecular formula is C43H42N5+. The van der Waals surface area contributed by atoms with Crippen LogP contribution in [0.3, 0.4) is 0 Å². The molecule has 4 aromatic rings. The van der Waals surface area contributed by atoms with Crippen molar-refractivity contribution in [1.82, 2.24) is 15.2 Å². The third-order valence-electron chi connectivity index (χ3n) is 9.18. The summed E-state index contributed by atoms with van der Waals surface area (Å²) < 4.78 is 2.45. The number of benzene rings is 4. The number of hydrazine groups is 1. The van der Waals surface area contributed by atoms with Gasteiger partial charge in [0.2, 0.25) is 6.34 Å². The first kappa shape index (κ1) is 31.4. The zero-order valence-corrected chi connectivity index (χ0v) is 27.1. The summed E-state index contributed by atoms with van der Waals surface area (Å²) in [6.07, 6.45) is 15.7. The first-order chi connectivity index (χ1) is 23.7. The normalized spacial score (nSPS) is 21.2. The van der Waals surface area contributed by atoms with E-state index in [0.717, 1.165) is 30.8 Å². The van der Waals surface area contributed by atoms with Crippen molar-refractivity contribution in [2.75, 3.05) is 0 Å². The fourth-order valence-corrected chi connectivity index (χ4v) is 6.68. The molecule has 0 saturated heterocycles. The molecule has 1 aliphatic heterocycles. The minimum atomic E-state index is -0.0548. The zero-order chi connectivity index (χ0) is 32.5. The smallest absolute Gasteiger partial charge is 0.235 e. The van der Waals surface area contributed by atoms with E-state index in [1.165, 1.54) is 22.3 Å². The predicted octanol–water partition coefficient (Wildman–Crippen LogP) is 6.38. The van der Waals surface area contributed by atoms with Gasteiger partial charge in [0, 0.05) is 30.3 Å². The van der Waals surface area contributed by atoms with Gasteiger partial charge in [-0.1, -0.05) is 139 Å². The first-order valence-electron chi connectivity index (χ1n) is 16.8. The lowest BCUT2D eigenvalue weighted by Crippen LogP contribution is -2.51. The van der Waals surface area contributed by atoms with E-state index in [-0.39, 0.29) is 24.2 Å². The number of nitrogens with zero attached hydrogens (tertiary/aromatic N) is 3. The van der Waals surface area contributed by atoms with Gasteiger partial charge in [0.05, 0.1) is 6.04 Å². The number of allylic oxidation sites excluding steroid dienone is 4. The van der Waals surface area contributed by atoms with Crippen LogP contribution in [0.5, 0.6) is 0 Å². The Balaban J connectivity index is 1.11. The average molecular weight is 629 g/mol. The van der Waals surface area contributed by atoms with Gasteiger partial charge in [-0.3, -0.25) is 15.3 Å². The van der Waals surface area contributed by atoms with Crippen LogP contribution in [0, 0.1) is 11.8 Å². The lowest BCUT2D eigenvalue weighted by atomic mass is 9.95. The molecule has 0 fully saturated rings.